The number of hydrogen-bond acceptors (Lipinski definition) is 0. The smallest absolute Gasteiger partial charge is 0.0634 e. The molecule has 6 rings (SSSR count). The monoisotopic (exact) mass is 400 g/mol. The van der Waals surface area contributed by atoms with Crippen molar-refractivity contribution in [1.82, 2.24) is 0 Å². The van der Waals surface area contributed by atoms with Crippen molar-refractivity contribution in [2.45, 2.75) is 89.4 Å². The average Bonchev–Trinajstić information content (AvgIpc) is 3.40. The molecule has 2 aromatic carbocycles. The van der Waals surface area contributed by atoms with Crippen LogP contribution in [0.3, 0.4) is 0 Å². The molecule has 0 spiro atoms. The first-order chi connectivity index (χ1) is 13.9. The van der Waals surface area contributed by atoms with Crippen LogP contribution < -0.4 is 0 Å². The van der Waals surface area contributed by atoms with Crippen molar-refractivity contribution >= 4 is 8.07 Å². The second-order valence-corrected chi connectivity index (χ2v) is 16.4. The summed E-state index contributed by atoms with van der Waals surface area (Å²) in [6.45, 7) is 10.6. The van der Waals surface area contributed by atoms with E-state index in [4.69, 9.17) is 0 Å². The fraction of sp³-hybridized carbons (Fsp3) is 0.571. The third-order valence-corrected chi connectivity index (χ3v) is 14.2. The number of fused-ring (bicyclic) bond motifs is 4. The lowest BCUT2D eigenvalue weighted by atomic mass is 10.0. The molecule has 4 unspecified atom stereocenters. The van der Waals surface area contributed by atoms with Gasteiger partial charge in [0.1, 0.15) is 0 Å². The molecule has 0 fully saturated rings. The molecule has 2 aromatic rings. The number of hydrogen-bond donors (Lipinski definition) is 0. The summed E-state index contributed by atoms with van der Waals surface area (Å²) < 4.78 is 0. The van der Waals surface area contributed by atoms with Gasteiger partial charge in [-0.05, 0) is 119 Å². The molecule has 0 saturated heterocycles. The molecule has 0 radical (unpaired) electrons. The summed E-state index contributed by atoms with van der Waals surface area (Å²) in [7, 11) is -1.53. The zero-order chi connectivity index (χ0) is 19.9. The van der Waals surface area contributed by atoms with Gasteiger partial charge in [-0.25, -0.2) is 0 Å². The zero-order valence-electron chi connectivity index (χ0n) is 18.8. The van der Waals surface area contributed by atoms with Crippen molar-refractivity contribution in [1.29, 1.82) is 0 Å². The molecule has 4 atom stereocenters. The third kappa shape index (κ3) is 2.62. The van der Waals surface area contributed by atoms with E-state index >= 15 is 0 Å². The van der Waals surface area contributed by atoms with Crippen molar-refractivity contribution in [3.05, 3.63) is 68.8 Å². The highest BCUT2D eigenvalue weighted by Gasteiger charge is 2.50. The molecule has 4 aliphatic carbocycles. The molecular weight excluding hydrogens is 364 g/mol. The minimum atomic E-state index is -1.53. The van der Waals surface area contributed by atoms with Gasteiger partial charge in [0.15, 0.2) is 0 Å². The fourth-order valence-corrected chi connectivity index (χ4v) is 14.0. The van der Waals surface area contributed by atoms with Crippen LogP contribution in [0.5, 0.6) is 0 Å². The van der Waals surface area contributed by atoms with Crippen LogP contribution in [0.2, 0.25) is 13.1 Å². The molecule has 0 heterocycles. The maximum absolute atomic E-state index is 2.75. The van der Waals surface area contributed by atoms with Crippen molar-refractivity contribution in [2.24, 2.45) is 11.8 Å². The minimum Gasteiger partial charge on any atom is -0.0684 e. The Hall–Kier alpha value is -1.34. The van der Waals surface area contributed by atoms with Gasteiger partial charge in [0.25, 0.3) is 0 Å². The van der Waals surface area contributed by atoms with Crippen LogP contribution in [-0.4, -0.2) is 8.07 Å². The third-order valence-electron chi connectivity index (χ3n) is 9.20. The van der Waals surface area contributed by atoms with E-state index in [2.05, 4.69) is 51.2 Å². The van der Waals surface area contributed by atoms with E-state index in [0.29, 0.717) is 0 Å². The van der Waals surface area contributed by atoms with Gasteiger partial charge >= 0.3 is 0 Å². The van der Waals surface area contributed by atoms with Gasteiger partial charge in [-0.15, -0.1) is 0 Å². The molecule has 0 aromatic heterocycles. The summed E-state index contributed by atoms with van der Waals surface area (Å²) >= 11 is 0. The topological polar surface area (TPSA) is 0 Å². The SMILES string of the molecule is CC1Cc2cc3c(cc2C1[Si](C)(C)C1c2cc4c(cc2CC1C)CCC4)CCC3. The first kappa shape index (κ1) is 18.4. The maximum Gasteiger partial charge on any atom is 0.0634 e. The van der Waals surface area contributed by atoms with Gasteiger partial charge in [-0.1, -0.05) is 51.2 Å². The number of aryl methyl sites for hydroxylation is 4. The Labute approximate surface area is 178 Å². The van der Waals surface area contributed by atoms with Gasteiger partial charge in [0.05, 0.1) is 8.07 Å². The van der Waals surface area contributed by atoms with Crippen LogP contribution in [0.15, 0.2) is 24.3 Å². The Morgan fingerprint density at radius 1 is 0.586 bits per heavy atom. The zero-order valence-corrected chi connectivity index (χ0v) is 19.8. The molecular formula is C28H36Si. The van der Waals surface area contributed by atoms with Crippen LogP contribution in [0.25, 0.3) is 0 Å². The Balaban J connectivity index is 1.44. The summed E-state index contributed by atoms with van der Waals surface area (Å²) in [6, 6.07) is 10.6. The van der Waals surface area contributed by atoms with Crippen molar-refractivity contribution < 1.29 is 0 Å². The predicted molar refractivity (Wildman–Crippen MR) is 126 cm³/mol. The van der Waals surface area contributed by atoms with E-state index in [1.54, 1.807) is 44.5 Å². The fourth-order valence-electron chi connectivity index (χ4n) is 8.33. The first-order valence-electron chi connectivity index (χ1n) is 12.2. The summed E-state index contributed by atoms with van der Waals surface area (Å²) in [5.74, 6) is 1.64. The molecule has 0 nitrogen and oxygen atoms in total. The van der Waals surface area contributed by atoms with E-state index < -0.39 is 8.07 Å². The van der Waals surface area contributed by atoms with E-state index in [1.807, 2.05) is 0 Å². The normalized spacial score (nSPS) is 29.7. The minimum absolute atomic E-state index is 0.819. The first-order valence-corrected chi connectivity index (χ1v) is 15.4. The van der Waals surface area contributed by atoms with Crippen LogP contribution in [0.4, 0.5) is 0 Å². The van der Waals surface area contributed by atoms with Gasteiger partial charge in [-0.2, -0.15) is 0 Å². The Morgan fingerprint density at radius 3 is 1.38 bits per heavy atom. The molecule has 0 aliphatic heterocycles. The standard InChI is InChI=1S/C28H36Si/c1-17-11-23-13-19-7-5-9-21(19)15-25(23)27(17)29(3,4)28-18(2)12-24-14-20-8-6-10-22(20)16-26(24)28/h13-18,27-28H,5-12H2,1-4H3. The molecule has 29 heavy (non-hydrogen) atoms. The van der Waals surface area contributed by atoms with Crippen molar-refractivity contribution in [2.75, 3.05) is 0 Å². The highest BCUT2D eigenvalue weighted by molar-refractivity contribution is 6.80. The number of rotatable bonds is 2. The summed E-state index contributed by atoms with van der Waals surface area (Å²) in [4.78, 5) is 0. The molecule has 0 amide bonds. The summed E-state index contributed by atoms with van der Waals surface area (Å²) in [5.41, 5.74) is 15.3. The predicted octanol–water partition coefficient (Wildman–Crippen LogP) is 6.70. The lowest BCUT2D eigenvalue weighted by Gasteiger charge is -2.41. The van der Waals surface area contributed by atoms with Gasteiger partial charge in [0.2, 0.25) is 0 Å². The van der Waals surface area contributed by atoms with Crippen LogP contribution in [-0.2, 0) is 38.5 Å². The molecule has 0 saturated carbocycles. The quantitative estimate of drug-likeness (QED) is 0.492. The highest BCUT2D eigenvalue weighted by Crippen LogP contribution is 2.54. The van der Waals surface area contributed by atoms with Crippen molar-refractivity contribution in [3.8, 4) is 0 Å². The number of benzene rings is 2. The largest absolute Gasteiger partial charge is 0.0684 e. The highest BCUT2D eigenvalue weighted by atomic mass is 28.3. The van der Waals surface area contributed by atoms with Crippen LogP contribution in [0.1, 0.15) is 82.3 Å². The molecule has 1 heteroatoms. The maximum atomic E-state index is 2.75. The van der Waals surface area contributed by atoms with Gasteiger partial charge < -0.3 is 0 Å². The van der Waals surface area contributed by atoms with E-state index in [0.717, 1.165) is 22.9 Å². The second kappa shape index (κ2) is 6.33. The lowest BCUT2D eigenvalue weighted by molar-refractivity contribution is 0.543. The molecule has 0 bridgehead atoms. The molecule has 0 N–H and O–H groups in total. The van der Waals surface area contributed by atoms with E-state index in [9.17, 15) is 0 Å². The lowest BCUT2D eigenvalue weighted by Crippen LogP contribution is -2.45. The Morgan fingerprint density at radius 2 is 0.966 bits per heavy atom. The Kier molecular flexibility index (Phi) is 4.02. The van der Waals surface area contributed by atoms with E-state index in [1.165, 1.54) is 51.4 Å². The van der Waals surface area contributed by atoms with Crippen LogP contribution in [0, 0.1) is 11.8 Å². The molecule has 152 valence electrons. The Bertz CT molecular complexity index is 918. The van der Waals surface area contributed by atoms with Gasteiger partial charge in [-0.3, -0.25) is 0 Å². The van der Waals surface area contributed by atoms with Crippen molar-refractivity contribution in [3.63, 3.8) is 0 Å². The average molecular weight is 401 g/mol. The second-order valence-electron chi connectivity index (χ2n) is 11.5. The summed E-state index contributed by atoms with van der Waals surface area (Å²) in [5, 5.41) is 0. The van der Waals surface area contributed by atoms with Crippen LogP contribution >= 0.6 is 0 Å². The van der Waals surface area contributed by atoms with E-state index in [-0.39, 0.29) is 0 Å². The molecule has 4 aliphatic rings. The van der Waals surface area contributed by atoms with Gasteiger partial charge in [0, 0.05) is 0 Å². The summed E-state index contributed by atoms with van der Waals surface area (Å²) in [6.07, 6.45) is 10.7.